The normalized spacial score (nSPS) is 25.8. The zero-order chi connectivity index (χ0) is 58.1. The number of hydrogen-bond donors (Lipinski definition) is 5. The number of carbonyl (C=O) groups excluding carboxylic acids is 11. The largest absolute Gasteiger partial charge is 0.394 e. The molecule has 1 aliphatic rings. The van der Waals surface area contributed by atoms with Crippen molar-refractivity contribution in [3.63, 3.8) is 0 Å². The van der Waals surface area contributed by atoms with Crippen LogP contribution >= 0.6 is 0 Å². The number of nitrogens with one attached hydrogen (secondary N) is 4. The highest BCUT2D eigenvalue weighted by Gasteiger charge is 2.42. The Kier molecular flexibility index (Phi) is 27.1. The average Bonchev–Trinajstić information content (AvgIpc) is 3.34. The van der Waals surface area contributed by atoms with Crippen LogP contribution in [0.25, 0.3) is 0 Å². The van der Waals surface area contributed by atoms with Crippen LogP contribution in [0.3, 0.4) is 0 Å². The van der Waals surface area contributed by atoms with Gasteiger partial charge in [-0.1, -0.05) is 81.4 Å². The molecule has 0 radical (unpaired) electrons. The fourth-order valence-corrected chi connectivity index (χ4v) is 8.64. The Morgan fingerprint density at radius 2 is 0.960 bits per heavy atom. The highest BCUT2D eigenvalue weighted by Crippen LogP contribution is 2.22. The molecule has 426 valence electrons. The van der Waals surface area contributed by atoms with E-state index in [1.165, 1.54) is 47.1 Å². The highest BCUT2D eigenvalue weighted by atomic mass is 16.3. The Morgan fingerprint density at radius 1 is 0.507 bits per heavy atom. The van der Waals surface area contributed by atoms with E-state index < -0.39 is 126 Å². The van der Waals surface area contributed by atoms with E-state index in [2.05, 4.69) is 21.3 Å². The molecular formula is C52H91N11O12. The van der Waals surface area contributed by atoms with E-state index >= 15 is 0 Å². The van der Waals surface area contributed by atoms with Gasteiger partial charge in [-0.05, 0) is 82.0 Å². The Hall–Kier alpha value is -6.13. The summed E-state index contributed by atoms with van der Waals surface area (Å²) in [4.78, 5) is 162. The summed E-state index contributed by atoms with van der Waals surface area (Å²) in [7, 11) is 8.78. The number of likely N-dealkylation sites (N-methyl/N-ethyl adjacent to an activating group) is 6. The van der Waals surface area contributed by atoms with Crippen LogP contribution < -0.4 is 21.3 Å². The number of nitrogens with zero attached hydrogens (tertiary/aromatic N) is 7. The standard InChI is InChI=1S/C52H91N11O12/c1-20-22-23-33(11)27-38-44(67)54-35(21-2)46(69)59(15)40(28-64)48(71)57(13)37(25-30(5)6)45(68)55-41(32(9)10)49(72)58(14)36(24-29(3)4)43(66)53-34(12)42(65)56-50(73)60(16)39(26-31(7)8)47(70)62(18)52(75)63(19)51(74)61(38)17/h20,22,29-41,64H,21,23-28H2,1-19H3,(H,53,66)(H,54,67)(H,55,68)(H,56,65,73)/b22-20+/t33-,34+,35+,36+,37+,38?,39-,40?,41-/m1/s1. The maximum absolute atomic E-state index is 14.5. The molecule has 0 aromatic heterocycles. The number of urea groups is 3. The Labute approximate surface area is 445 Å². The lowest BCUT2D eigenvalue weighted by Crippen LogP contribution is -2.62. The fourth-order valence-electron chi connectivity index (χ4n) is 8.64. The van der Waals surface area contributed by atoms with Gasteiger partial charge in [0, 0.05) is 49.3 Å². The van der Waals surface area contributed by atoms with Gasteiger partial charge in [-0.15, -0.1) is 0 Å². The molecule has 0 aromatic rings. The van der Waals surface area contributed by atoms with E-state index in [-0.39, 0.29) is 55.8 Å². The maximum atomic E-state index is 14.5. The van der Waals surface area contributed by atoms with Gasteiger partial charge in [0.2, 0.25) is 41.4 Å². The van der Waals surface area contributed by atoms with Gasteiger partial charge in [-0.2, -0.15) is 0 Å². The number of amides is 14. The van der Waals surface area contributed by atoms with Crippen LogP contribution in [-0.4, -0.2) is 209 Å². The van der Waals surface area contributed by atoms with E-state index in [0.29, 0.717) is 16.2 Å². The lowest BCUT2D eigenvalue weighted by atomic mass is 9.96. The van der Waals surface area contributed by atoms with Gasteiger partial charge in [0.05, 0.1) is 6.61 Å². The van der Waals surface area contributed by atoms with Gasteiger partial charge in [0.25, 0.3) is 5.91 Å². The van der Waals surface area contributed by atoms with Crippen LogP contribution in [-0.2, 0) is 38.4 Å². The summed E-state index contributed by atoms with van der Waals surface area (Å²) in [6.07, 6.45) is 4.46. The second-order valence-corrected chi connectivity index (χ2v) is 21.6. The lowest BCUT2D eigenvalue weighted by molar-refractivity contribution is -0.151. The van der Waals surface area contributed by atoms with Crippen molar-refractivity contribution < 1.29 is 57.8 Å². The SMILES string of the molecule is C/C=C/C[C@@H](C)CC1C(=O)N[C@@H](CC)C(=O)N(C)C(CO)C(=O)N(C)[C@@H](CC(C)C)C(=O)N[C@H](C(C)C)C(=O)N(C)[C@@H](CC(C)C)C(=O)N[C@@H](C)C(=O)NC(=O)N(C)[C@H](CC(C)C)C(=O)N(C)C(=O)N(C)C(=O)N1C. The van der Waals surface area contributed by atoms with Crippen molar-refractivity contribution in [3.05, 3.63) is 12.2 Å². The van der Waals surface area contributed by atoms with Crippen molar-refractivity contribution in [2.45, 2.75) is 170 Å². The second-order valence-electron chi connectivity index (χ2n) is 21.6. The highest BCUT2D eigenvalue weighted by molar-refractivity contribution is 6.05. The molecular weight excluding hydrogens is 971 g/mol. The van der Waals surface area contributed by atoms with Crippen molar-refractivity contribution in [1.29, 1.82) is 0 Å². The van der Waals surface area contributed by atoms with Gasteiger partial charge >= 0.3 is 18.1 Å². The van der Waals surface area contributed by atoms with Gasteiger partial charge in [-0.3, -0.25) is 48.6 Å². The zero-order valence-electron chi connectivity index (χ0n) is 48.2. The number of carbonyl (C=O) groups is 11. The van der Waals surface area contributed by atoms with E-state index in [1.807, 2.05) is 53.7 Å². The molecule has 0 aliphatic carbocycles. The average molecular weight is 1060 g/mol. The number of hydrogen-bond acceptors (Lipinski definition) is 12. The molecule has 23 heteroatoms. The van der Waals surface area contributed by atoms with Crippen molar-refractivity contribution in [1.82, 2.24) is 55.6 Å². The third kappa shape index (κ3) is 18.6. The molecule has 0 saturated carbocycles. The second kappa shape index (κ2) is 30.4. The molecule has 1 saturated heterocycles. The lowest BCUT2D eigenvalue weighted by Gasteiger charge is -2.37. The minimum atomic E-state index is -1.55. The van der Waals surface area contributed by atoms with Crippen LogP contribution in [0, 0.1) is 29.6 Å². The van der Waals surface area contributed by atoms with Crippen molar-refractivity contribution in [2.24, 2.45) is 29.6 Å². The molecule has 1 heterocycles. The molecule has 0 bridgehead atoms. The summed E-state index contributed by atoms with van der Waals surface area (Å²) in [5.74, 6) is -7.73. The first-order valence-corrected chi connectivity index (χ1v) is 26.0. The molecule has 2 unspecified atom stereocenters. The maximum Gasteiger partial charge on any atom is 0.334 e. The first-order valence-electron chi connectivity index (χ1n) is 26.0. The summed E-state index contributed by atoms with van der Waals surface area (Å²) in [5, 5.41) is 21.0. The quantitative estimate of drug-likeness (QED) is 0.167. The topological polar surface area (TPSA) is 279 Å². The summed E-state index contributed by atoms with van der Waals surface area (Å²) in [6, 6.07) is -13.7. The number of rotatable bonds is 13. The van der Waals surface area contributed by atoms with Gasteiger partial charge in [0.15, 0.2) is 0 Å². The van der Waals surface area contributed by atoms with Crippen LogP contribution in [0.5, 0.6) is 0 Å². The van der Waals surface area contributed by atoms with E-state index in [0.717, 1.165) is 33.7 Å². The van der Waals surface area contributed by atoms with Gasteiger partial charge < -0.3 is 45.6 Å². The third-order valence-electron chi connectivity index (χ3n) is 13.6. The van der Waals surface area contributed by atoms with Crippen LogP contribution in [0.15, 0.2) is 12.2 Å². The van der Waals surface area contributed by atoms with E-state index in [1.54, 1.807) is 34.6 Å². The number of aliphatic hydroxyl groups excluding tert-OH is 1. The van der Waals surface area contributed by atoms with Crippen LogP contribution in [0.2, 0.25) is 0 Å². The predicted molar refractivity (Wildman–Crippen MR) is 283 cm³/mol. The number of aliphatic hydroxyl groups is 1. The molecule has 1 fully saturated rings. The monoisotopic (exact) mass is 1060 g/mol. The van der Waals surface area contributed by atoms with Gasteiger partial charge in [-0.25, -0.2) is 19.3 Å². The van der Waals surface area contributed by atoms with E-state index in [9.17, 15) is 57.8 Å². The molecule has 0 spiro atoms. The van der Waals surface area contributed by atoms with Crippen molar-refractivity contribution in [2.75, 3.05) is 55.9 Å². The fraction of sp³-hybridized carbons (Fsp3) is 0.750. The van der Waals surface area contributed by atoms with Crippen molar-refractivity contribution in [3.8, 4) is 0 Å². The van der Waals surface area contributed by atoms with E-state index in [4.69, 9.17) is 0 Å². The third-order valence-corrected chi connectivity index (χ3v) is 13.6. The molecule has 1 rings (SSSR count). The molecule has 23 nitrogen and oxygen atoms in total. The molecule has 9 atom stereocenters. The molecule has 0 aromatic carbocycles. The Bertz CT molecular complexity index is 2060. The van der Waals surface area contributed by atoms with Gasteiger partial charge in [0.1, 0.15) is 48.3 Å². The van der Waals surface area contributed by atoms with Crippen LogP contribution in [0.1, 0.15) is 122 Å². The predicted octanol–water partition coefficient (Wildman–Crippen LogP) is 2.61. The Balaban J connectivity index is 4.15. The minimum Gasteiger partial charge on any atom is -0.394 e. The summed E-state index contributed by atoms with van der Waals surface area (Å²) in [5.41, 5.74) is 0. The Morgan fingerprint density at radius 3 is 1.43 bits per heavy atom. The smallest absolute Gasteiger partial charge is 0.334 e. The summed E-state index contributed by atoms with van der Waals surface area (Å²) in [6.45, 7) is 19.9. The summed E-state index contributed by atoms with van der Waals surface area (Å²) >= 11 is 0. The molecule has 14 amide bonds. The molecule has 75 heavy (non-hydrogen) atoms. The summed E-state index contributed by atoms with van der Waals surface area (Å²) < 4.78 is 0. The van der Waals surface area contributed by atoms with Crippen molar-refractivity contribution >= 4 is 65.4 Å². The first-order chi connectivity index (χ1) is 34.7. The number of imide groups is 3. The molecule has 1 aliphatic heterocycles. The first kappa shape index (κ1) is 66.9. The number of allylic oxidation sites excluding steroid dienone is 2. The zero-order valence-corrected chi connectivity index (χ0v) is 48.2. The minimum absolute atomic E-state index is 0.00474. The molecule has 5 N–H and O–H groups in total. The van der Waals surface area contributed by atoms with Crippen LogP contribution in [0.4, 0.5) is 14.4 Å².